The molecule has 0 bridgehead atoms. The highest BCUT2D eigenvalue weighted by molar-refractivity contribution is 5.72. The van der Waals surface area contributed by atoms with E-state index in [-0.39, 0.29) is 18.7 Å². The van der Waals surface area contributed by atoms with Crippen molar-refractivity contribution in [3.63, 3.8) is 0 Å². The highest BCUT2D eigenvalue weighted by Crippen LogP contribution is 2.44. The number of aliphatic hydroxyl groups is 2. The Morgan fingerprint density at radius 1 is 1.50 bits per heavy atom. The number of carbonyl (C=O) groups excluding carboxylic acids is 1. The van der Waals surface area contributed by atoms with Gasteiger partial charge in [0.1, 0.15) is 11.7 Å². The zero-order valence-corrected chi connectivity index (χ0v) is 11.0. The molecule has 0 aromatic carbocycles. The van der Waals surface area contributed by atoms with Crippen LogP contribution in [0, 0.1) is 0 Å². The van der Waals surface area contributed by atoms with Crippen LogP contribution in [0.3, 0.4) is 0 Å². The molecule has 2 aliphatic rings. The first-order valence-corrected chi connectivity index (χ1v) is 6.64. The summed E-state index contributed by atoms with van der Waals surface area (Å²) >= 11 is 0. The van der Waals surface area contributed by atoms with E-state index in [1.54, 1.807) is 0 Å². The van der Waals surface area contributed by atoms with E-state index in [1.807, 2.05) is 13.8 Å². The number of cyclic esters (lactones) is 1. The molecule has 0 radical (unpaired) electrons. The Kier molecular flexibility index (Phi) is 3.67. The van der Waals surface area contributed by atoms with Crippen LogP contribution in [0.4, 0.5) is 0 Å². The summed E-state index contributed by atoms with van der Waals surface area (Å²) in [4.78, 5) is 11.3. The molecule has 2 saturated heterocycles. The molecule has 18 heavy (non-hydrogen) atoms. The molecular formula is C13H22O5. The summed E-state index contributed by atoms with van der Waals surface area (Å²) in [6, 6.07) is 0. The third-order valence-corrected chi connectivity index (χ3v) is 4.44. The lowest BCUT2D eigenvalue weighted by Gasteiger charge is -2.36. The molecule has 5 heteroatoms. The Labute approximate surface area is 107 Å². The van der Waals surface area contributed by atoms with Crippen LogP contribution in [0.5, 0.6) is 0 Å². The molecule has 0 unspecified atom stereocenters. The zero-order valence-electron chi connectivity index (χ0n) is 11.0. The minimum absolute atomic E-state index is 0.183. The normalized spacial score (nSPS) is 42.0. The van der Waals surface area contributed by atoms with Crippen LogP contribution in [0.2, 0.25) is 0 Å². The van der Waals surface area contributed by atoms with E-state index in [0.717, 1.165) is 6.42 Å². The summed E-state index contributed by atoms with van der Waals surface area (Å²) in [5.41, 5.74) is -1.28. The summed E-state index contributed by atoms with van der Waals surface area (Å²) < 4.78 is 11.4. The molecule has 104 valence electrons. The van der Waals surface area contributed by atoms with E-state index in [9.17, 15) is 9.90 Å². The van der Waals surface area contributed by atoms with Crippen molar-refractivity contribution in [1.82, 2.24) is 0 Å². The Morgan fingerprint density at radius 3 is 2.72 bits per heavy atom. The lowest BCUT2D eigenvalue weighted by atomic mass is 9.89. The van der Waals surface area contributed by atoms with Crippen LogP contribution >= 0.6 is 0 Å². The van der Waals surface area contributed by atoms with Crippen molar-refractivity contribution < 1.29 is 24.5 Å². The Morgan fingerprint density at radius 2 is 2.22 bits per heavy atom. The minimum atomic E-state index is -0.881. The average Bonchev–Trinajstić information content (AvgIpc) is 2.94. The van der Waals surface area contributed by atoms with Crippen LogP contribution in [-0.4, -0.2) is 46.2 Å². The third-order valence-electron chi connectivity index (χ3n) is 4.44. The van der Waals surface area contributed by atoms with Gasteiger partial charge in [-0.05, 0) is 32.6 Å². The summed E-state index contributed by atoms with van der Waals surface area (Å²) in [5.74, 6) is -0.183. The van der Waals surface area contributed by atoms with Gasteiger partial charge in [0.25, 0.3) is 0 Å². The van der Waals surface area contributed by atoms with Gasteiger partial charge >= 0.3 is 5.97 Å². The van der Waals surface area contributed by atoms with Gasteiger partial charge in [0.15, 0.2) is 0 Å². The maximum Gasteiger partial charge on any atom is 0.306 e. The second-order valence-corrected chi connectivity index (χ2v) is 5.55. The second-order valence-electron chi connectivity index (χ2n) is 5.55. The molecule has 0 spiro atoms. The van der Waals surface area contributed by atoms with Crippen LogP contribution in [0.25, 0.3) is 0 Å². The fraction of sp³-hybridized carbons (Fsp3) is 0.923. The van der Waals surface area contributed by atoms with Gasteiger partial charge in [0.05, 0.1) is 18.3 Å². The lowest BCUT2D eigenvalue weighted by molar-refractivity contribution is -0.184. The van der Waals surface area contributed by atoms with Crippen LogP contribution in [0.15, 0.2) is 0 Å². The molecule has 2 N–H and O–H groups in total. The van der Waals surface area contributed by atoms with Crippen molar-refractivity contribution in [3.05, 3.63) is 0 Å². The van der Waals surface area contributed by atoms with Gasteiger partial charge in [-0.2, -0.15) is 0 Å². The number of aliphatic hydroxyl groups excluding tert-OH is 2. The molecule has 0 aromatic rings. The van der Waals surface area contributed by atoms with E-state index in [2.05, 4.69) is 0 Å². The van der Waals surface area contributed by atoms with Crippen molar-refractivity contribution in [2.75, 3.05) is 6.61 Å². The van der Waals surface area contributed by atoms with E-state index >= 15 is 0 Å². The molecule has 5 nitrogen and oxygen atoms in total. The summed E-state index contributed by atoms with van der Waals surface area (Å²) in [6.07, 6.45) is 2.08. The number of rotatable bonds is 4. The summed E-state index contributed by atoms with van der Waals surface area (Å²) in [7, 11) is 0. The summed E-state index contributed by atoms with van der Waals surface area (Å²) in [6.45, 7) is 3.51. The highest BCUT2D eigenvalue weighted by Gasteiger charge is 2.53. The van der Waals surface area contributed by atoms with Gasteiger partial charge in [-0.15, -0.1) is 0 Å². The molecule has 4 atom stereocenters. The molecule has 0 saturated carbocycles. The number of esters is 1. The van der Waals surface area contributed by atoms with Gasteiger partial charge in [-0.1, -0.05) is 6.92 Å². The smallest absolute Gasteiger partial charge is 0.306 e. The first-order valence-electron chi connectivity index (χ1n) is 6.64. The molecule has 2 aliphatic heterocycles. The van der Waals surface area contributed by atoms with E-state index < -0.39 is 17.3 Å². The maximum absolute atomic E-state index is 11.3. The fourth-order valence-corrected chi connectivity index (χ4v) is 3.05. The molecule has 2 rings (SSSR count). The fourth-order valence-electron chi connectivity index (χ4n) is 3.05. The molecule has 2 heterocycles. The van der Waals surface area contributed by atoms with E-state index in [0.29, 0.717) is 25.7 Å². The third kappa shape index (κ3) is 2.15. The first-order chi connectivity index (χ1) is 8.46. The number of carbonyl (C=O) groups is 1. The molecular weight excluding hydrogens is 236 g/mol. The summed E-state index contributed by atoms with van der Waals surface area (Å²) in [5, 5.41) is 19.1. The van der Waals surface area contributed by atoms with Gasteiger partial charge < -0.3 is 19.7 Å². The number of ether oxygens (including phenoxy) is 2. The minimum Gasteiger partial charge on any atom is -0.457 e. The molecule has 0 aromatic heterocycles. The number of hydrogen-bond acceptors (Lipinski definition) is 5. The predicted octanol–water partition coefficient (Wildman–Crippen LogP) is 0.763. The Hall–Kier alpha value is -0.650. The van der Waals surface area contributed by atoms with Gasteiger partial charge in [-0.25, -0.2) is 0 Å². The maximum atomic E-state index is 11.3. The Balaban J connectivity index is 2.09. The quantitative estimate of drug-likeness (QED) is 0.728. The van der Waals surface area contributed by atoms with Gasteiger partial charge in [-0.3, -0.25) is 4.79 Å². The van der Waals surface area contributed by atoms with Crippen molar-refractivity contribution in [2.24, 2.45) is 0 Å². The van der Waals surface area contributed by atoms with Crippen molar-refractivity contribution in [1.29, 1.82) is 0 Å². The zero-order chi connectivity index (χ0) is 13.4. The Bertz CT molecular complexity index is 331. The molecule has 0 aliphatic carbocycles. The highest BCUT2D eigenvalue weighted by atomic mass is 16.6. The lowest BCUT2D eigenvalue weighted by Crippen LogP contribution is -2.47. The van der Waals surface area contributed by atoms with Crippen molar-refractivity contribution in [3.8, 4) is 0 Å². The second kappa shape index (κ2) is 4.79. The van der Waals surface area contributed by atoms with Crippen LogP contribution in [-0.2, 0) is 14.3 Å². The average molecular weight is 258 g/mol. The monoisotopic (exact) mass is 258 g/mol. The molecule has 2 fully saturated rings. The van der Waals surface area contributed by atoms with Crippen molar-refractivity contribution in [2.45, 2.75) is 69.4 Å². The number of hydrogen-bond donors (Lipinski definition) is 2. The topological polar surface area (TPSA) is 76.0 Å². The largest absolute Gasteiger partial charge is 0.457 e. The first kappa shape index (κ1) is 13.8. The van der Waals surface area contributed by atoms with E-state index in [1.165, 1.54) is 0 Å². The van der Waals surface area contributed by atoms with Gasteiger partial charge in [0.2, 0.25) is 0 Å². The van der Waals surface area contributed by atoms with Crippen molar-refractivity contribution >= 4 is 5.97 Å². The van der Waals surface area contributed by atoms with Gasteiger partial charge in [0, 0.05) is 6.42 Å². The molecule has 0 amide bonds. The van der Waals surface area contributed by atoms with Crippen LogP contribution < -0.4 is 0 Å². The predicted molar refractivity (Wildman–Crippen MR) is 64.0 cm³/mol. The van der Waals surface area contributed by atoms with Crippen LogP contribution in [0.1, 0.15) is 46.0 Å². The van der Waals surface area contributed by atoms with E-state index in [4.69, 9.17) is 14.6 Å². The standard InChI is InChI=1S/C13H22O5/c1-3-13(9(15)8-14)7-4-10(17-13)12(2)6-5-11(16)18-12/h9-10,14-15H,3-8H2,1-2H3/t9-,10-,12+,13+/m1/s1. The SMILES string of the molecule is CC[C@@]1([C@H](O)CO)CC[C@H]([C@]2(C)CCC(=O)O2)O1.